The van der Waals surface area contributed by atoms with Gasteiger partial charge in [-0.2, -0.15) is 0 Å². The van der Waals surface area contributed by atoms with Crippen LogP contribution in [0.25, 0.3) is 0 Å². The van der Waals surface area contributed by atoms with E-state index in [9.17, 15) is 14.3 Å². The van der Waals surface area contributed by atoms with Gasteiger partial charge in [0.2, 0.25) is 0 Å². The lowest BCUT2D eigenvalue weighted by atomic mass is 10.1. The summed E-state index contributed by atoms with van der Waals surface area (Å²) in [4.78, 5) is 18.1. The summed E-state index contributed by atoms with van der Waals surface area (Å²) in [6, 6.07) is 6.56. The molecule has 1 aromatic carbocycles. The van der Waals surface area contributed by atoms with Gasteiger partial charge in [-0.05, 0) is 18.1 Å². The quantitative estimate of drug-likeness (QED) is 0.944. The molecule has 1 aliphatic rings. The van der Waals surface area contributed by atoms with Gasteiger partial charge in [-0.15, -0.1) is 11.3 Å². The normalized spacial score (nSPS) is 18.2. The van der Waals surface area contributed by atoms with E-state index in [1.54, 1.807) is 28.5 Å². The number of aliphatic hydroxyl groups is 1. The van der Waals surface area contributed by atoms with Crippen LogP contribution in [0.15, 0.2) is 29.6 Å². The number of aliphatic hydroxyl groups excluding tert-OH is 1. The fraction of sp³-hybridized carbons (Fsp3) is 0.333. The van der Waals surface area contributed by atoms with Crippen LogP contribution in [0.1, 0.15) is 27.5 Å². The first-order valence-corrected chi connectivity index (χ1v) is 7.66. The number of rotatable bonds is 3. The third-order valence-corrected chi connectivity index (χ3v) is 4.37. The van der Waals surface area contributed by atoms with Crippen molar-refractivity contribution in [2.45, 2.75) is 18.9 Å². The zero-order valence-corrected chi connectivity index (χ0v) is 12.1. The van der Waals surface area contributed by atoms with Crippen molar-refractivity contribution in [2.24, 2.45) is 0 Å². The van der Waals surface area contributed by atoms with Crippen molar-refractivity contribution in [3.63, 3.8) is 0 Å². The van der Waals surface area contributed by atoms with Crippen LogP contribution in [0.2, 0.25) is 0 Å². The largest absolute Gasteiger partial charge is 0.391 e. The molecular weight excluding hydrogens is 291 g/mol. The smallest absolute Gasteiger partial charge is 0.273 e. The van der Waals surface area contributed by atoms with E-state index < -0.39 is 6.10 Å². The average molecular weight is 306 g/mol. The Morgan fingerprint density at radius 3 is 3.00 bits per heavy atom. The Labute approximate surface area is 125 Å². The number of halogens is 1. The highest BCUT2D eigenvalue weighted by molar-refractivity contribution is 7.09. The zero-order chi connectivity index (χ0) is 14.8. The number of nitrogens with zero attached hydrogens (tertiary/aromatic N) is 2. The molecular formula is C15H15FN2O2S. The Morgan fingerprint density at radius 2 is 2.29 bits per heavy atom. The topological polar surface area (TPSA) is 53.4 Å². The predicted molar refractivity (Wildman–Crippen MR) is 77.8 cm³/mol. The number of aromatic nitrogens is 1. The van der Waals surface area contributed by atoms with Crippen LogP contribution in [0.5, 0.6) is 0 Å². The lowest BCUT2D eigenvalue weighted by Crippen LogP contribution is -2.29. The van der Waals surface area contributed by atoms with E-state index in [1.165, 1.54) is 17.4 Å². The molecule has 1 amide bonds. The molecule has 1 saturated heterocycles. The maximum absolute atomic E-state index is 13.6. The van der Waals surface area contributed by atoms with Crippen molar-refractivity contribution in [3.05, 3.63) is 51.7 Å². The number of amides is 1. The molecule has 0 unspecified atom stereocenters. The van der Waals surface area contributed by atoms with Gasteiger partial charge in [0.05, 0.1) is 11.1 Å². The summed E-state index contributed by atoms with van der Waals surface area (Å²) in [7, 11) is 0. The summed E-state index contributed by atoms with van der Waals surface area (Å²) in [5.74, 6) is -0.425. The third-order valence-electron chi connectivity index (χ3n) is 3.52. The Balaban J connectivity index is 1.72. The van der Waals surface area contributed by atoms with Gasteiger partial charge in [0.15, 0.2) is 0 Å². The molecule has 2 heterocycles. The number of likely N-dealkylation sites (tertiary alicyclic amines) is 1. The van der Waals surface area contributed by atoms with Crippen LogP contribution in [0, 0.1) is 5.82 Å². The first kappa shape index (κ1) is 14.2. The van der Waals surface area contributed by atoms with E-state index in [0.717, 1.165) is 0 Å². The molecule has 1 N–H and O–H groups in total. The molecule has 0 radical (unpaired) electrons. The summed E-state index contributed by atoms with van der Waals surface area (Å²) >= 11 is 1.35. The average Bonchev–Trinajstić information content (AvgIpc) is 3.10. The Bertz CT molecular complexity index is 659. The van der Waals surface area contributed by atoms with Gasteiger partial charge in [-0.1, -0.05) is 18.2 Å². The van der Waals surface area contributed by atoms with Crippen molar-refractivity contribution in [3.8, 4) is 0 Å². The maximum atomic E-state index is 13.6. The molecule has 0 spiro atoms. The standard InChI is InChI=1S/C15H15FN2O2S/c16-12-4-2-1-3-10(12)7-14-17-13(9-21-14)15(20)18-6-5-11(19)8-18/h1-4,9,11,19H,5-8H2/t11-/m1/s1. The molecule has 1 aromatic heterocycles. The monoisotopic (exact) mass is 306 g/mol. The molecule has 6 heteroatoms. The minimum atomic E-state index is -0.439. The number of β-amino-alcohol motifs (C(OH)–C–C–N with tert-alkyl or cyclic N) is 1. The van der Waals surface area contributed by atoms with E-state index >= 15 is 0 Å². The van der Waals surface area contributed by atoms with E-state index in [-0.39, 0.29) is 11.7 Å². The first-order valence-electron chi connectivity index (χ1n) is 6.78. The number of carbonyl (C=O) groups excluding carboxylic acids is 1. The number of carbonyl (C=O) groups is 1. The molecule has 0 aliphatic carbocycles. The van der Waals surface area contributed by atoms with Crippen LogP contribution in [-0.4, -0.2) is 40.1 Å². The number of hydrogen-bond acceptors (Lipinski definition) is 4. The highest BCUT2D eigenvalue weighted by Gasteiger charge is 2.26. The predicted octanol–water partition coefficient (Wildman–Crippen LogP) is 2.08. The summed E-state index contributed by atoms with van der Waals surface area (Å²) in [6.45, 7) is 0.916. The van der Waals surface area contributed by atoms with Crippen LogP contribution < -0.4 is 0 Å². The van der Waals surface area contributed by atoms with E-state index in [4.69, 9.17) is 0 Å². The van der Waals surface area contributed by atoms with Gasteiger partial charge >= 0.3 is 0 Å². The third kappa shape index (κ3) is 3.11. The number of benzene rings is 1. The van der Waals surface area contributed by atoms with Crippen molar-refractivity contribution < 1.29 is 14.3 Å². The Hall–Kier alpha value is -1.79. The van der Waals surface area contributed by atoms with E-state index in [2.05, 4.69) is 4.98 Å². The highest BCUT2D eigenvalue weighted by atomic mass is 32.1. The second kappa shape index (κ2) is 5.91. The molecule has 1 atom stereocenters. The summed E-state index contributed by atoms with van der Waals surface area (Å²) in [5, 5.41) is 11.9. The molecule has 0 bridgehead atoms. The number of thiazole rings is 1. The minimum Gasteiger partial charge on any atom is -0.391 e. The SMILES string of the molecule is O=C(c1csc(Cc2ccccc2F)n1)N1CC[C@@H](O)C1. The van der Waals surface area contributed by atoms with Gasteiger partial charge in [0.25, 0.3) is 5.91 Å². The van der Waals surface area contributed by atoms with Crippen molar-refractivity contribution in [2.75, 3.05) is 13.1 Å². The van der Waals surface area contributed by atoms with Gasteiger partial charge in [-0.3, -0.25) is 4.79 Å². The molecule has 4 nitrogen and oxygen atoms in total. The second-order valence-electron chi connectivity index (χ2n) is 5.09. The van der Waals surface area contributed by atoms with Gasteiger partial charge in [-0.25, -0.2) is 9.37 Å². The second-order valence-corrected chi connectivity index (χ2v) is 6.03. The lowest BCUT2D eigenvalue weighted by molar-refractivity contribution is 0.0760. The van der Waals surface area contributed by atoms with E-state index in [1.807, 2.05) is 0 Å². The molecule has 21 heavy (non-hydrogen) atoms. The van der Waals surface area contributed by atoms with Crippen molar-refractivity contribution >= 4 is 17.2 Å². The maximum Gasteiger partial charge on any atom is 0.273 e. The molecule has 2 aromatic rings. The Kier molecular flexibility index (Phi) is 3.98. The van der Waals surface area contributed by atoms with Gasteiger partial charge in [0.1, 0.15) is 11.5 Å². The van der Waals surface area contributed by atoms with Gasteiger partial charge in [0, 0.05) is 24.9 Å². The fourth-order valence-electron chi connectivity index (χ4n) is 2.38. The first-order chi connectivity index (χ1) is 10.1. The minimum absolute atomic E-state index is 0.164. The van der Waals surface area contributed by atoms with Crippen molar-refractivity contribution in [1.29, 1.82) is 0 Å². The molecule has 0 saturated carbocycles. The molecule has 110 valence electrons. The molecule has 1 aliphatic heterocycles. The van der Waals surface area contributed by atoms with Crippen molar-refractivity contribution in [1.82, 2.24) is 9.88 Å². The summed E-state index contributed by atoms with van der Waals surface area (Å²) < 4.78 is 13.6. The van der Waals surface area contributed by atoms with Crippen LogP contribution in [0.3, 0.4) is 0 Å². The molecule has 3 rings (SSSR count). The summed E-state index contributed by atoms with van der Waals surface area (Å²) in [5.41, 5.74) is 0.947. The van der Waals surface area contributed by atoms with Crippen LogP contribution >= 0.6 is 11.3 Å². The number of hydrogen-bond donors (Lipinski definition) is 1. The Morgan fingerprint density at radius 1 is 1.48 bits per heavy atom. The summed E-state index contributed by atoms with van der Waals surface area (Å²) in [6.07, 6.45) is 0.552. The highest BCUT2D eigenvalue weighted by Crippen LogP contribution is 2.19. The molecule has 1 fully saturated rings. The zero-order valence-electron chi connectivity index (χ0n) is 11.3. The fourth-order valence-corrected chi connectivity index (χ4v) is 3.17. The van der Waals surface area contributed by atoms with Crippen LogP contribution in [0.4, 0.5) is 4.39 Å². The van der Waals surface area contributed by atoms with Gasteiger partial charge < -0.3 is 10.0 Å². The van der Waals surface area contributed by atoms with E-state index in [0.29, 0.717) is 42.2 Å². The lowest BCUT2D eigenvalue weighted by Gasteiger charge is -2.13. The van der Waals surface area contributed by atoms with Crippen LogP contribution in [-0.2, 0) is 6.42 Å².